The van der Waals surface area contributed by atoms with Crippen LogP contribution in [0.25, 0.3) is 0 Å². The number of carbonyl (C=O) groups is 4. The van der Waals surface area contributed by atoms with Gasteiger partial charge >= 0.3 is 6.09 Å². The average molecular weight is 653 g/mol. The third kappa shape index (κ3) is 11.5. The number of aliphatic hydroxyl groups is 1. The van der Waals surface area contributed by atoms with Crippen molar-refractivity contribution in [2.75, 3.05) is 41.4 Å². The number of nitrogens with two attached hydrogens (primary N) is 1. The number of methoxy groups -OCH3 is 2. The highest BCUT2D eigenvalue weighted by Gasteiger charge is 2.33. The monoisotopic (exact) mass is 652 g/mol. The summed E-state index contributed by atoms with van der Waals surface area (Å²) in [5.74, 6) is -2.06. The molecule has 0 saturated heterocycles. The molecule has 2 amide bonds. The van der Waals surface area contributed by atoms with E-state index in [0.717, 1.165) is 6.08 Å². The highest BCUT2D eigenvalue weighted by atomic mass is 35.5. The molecular weight excluding hydrogens is 604 g/mol. The Morgan fingerprint density at radius 2 is 1.82 bits per heavy atom. The molecule has 2 aliphatic rings. The molecule has 6 atom stereocenters. The van der Waals surface area contributed by atoms with E-state index in [4.69, 9.17) is 19.9 Å². The number of nitrogens with zero attached hydrogens (tertiary/aromatic N) is 1. The first-order valence-corrected chi connectivity index (χ1v) is 14.7. The van der Waals surface area contributed by atoms with Gasteiger partial charge in [0.1, 0.15) is 6.10 Å². The number of nitrogens with one attached hydrogen (secondary N) is 2. The number of likely N-dealkylation sites (N-methyl/N-ethyl adjacent to an activating group) is 1. The van der Waals surface area contributed by atoms with Crippen molar-refractivity contribution in [3.8, 4) is 0 Å². The molecule has 13 heteroatoms. The van der Waals surface area contributed by atoms with Crippen molar-refractivity contribution in [2.45, 2.75) is 65.0 Å². The van der Waals surface area contributed by atoms with Crippen LogP contribution in [0.3, 0.4) is 0 Å². The molecule has 12 nitrogen and oxygen atoms in total. The number of fused-ring (bicyclic) bond motifs is 2. The van der Waals surface area contributed by atoms with Gasteiger partial charge in [0.05, 0.1) is 23.6 Å². The van der Waals surface area contributed by atoms with Crippen LogP contribution in [0.5, 0.6) is 0 Å². The largest absolute Gasteiger partial charge is 0.439 e. The molecule has 6 unspecified atom stereocenters. The number of hydrogen-bond acceptors (Lipinski definition) is 10. The third-order valence-electron chi connectivity index (χ3n) is 7.65. The van der Waals surface area contributed by atoms with E-state index in [0.29, 0.717) is 25.1 Å². The van der Waals surface area contributed by atoms with Crippen LogP contribution in [0.1, 0.15) is 40.5 Å². The molecule has 2 rings (SSSR count). The van der Waals surface area contributed by atoms with E-state index in [1.54, 1.807) is 32.1 Å². The first-order chi connectivity index (χ1) is 20.7. The van der Waals surface area contributed by atoms with Gasteiger partial charge in [0.25, 0.3) is 5.91 Å². The van der Waals surface area contributed by atoms with Crippen molar-refractivity contribution in [1.29, 1.82) is 0 Å². The van der Waals surface area contributed by atoms with Crippen LogP contribution in [-0.4, -0.2) is 99.4 Å². The second-order valence-corrected chi connectivity index (χ2v) is 11.7. The van der Waals surface area contributed by atoms with Crippen molar-refractivity contribution < 1.29 is 38.5 Å². The lowest BCUT2D eigenvalue weighted by Gasteiger charge is -2.30. The number of ketones is 2. The number of primary amides is 1. The Kier molecular flexibility index (Phi) is 16.4. The minimum absolute atomic E-state index is 0. The van der Waals surface area contributed by atoms with Gasteiger partial charge in [-0.25, -0.2) is 4.79 Å². The Balaban J connectivity index is 0.0000101. The van der Waals surface area contributed by atoms with Gasteiger partial charge in [-0.2, -0.15) is 0 Å². The molecule has 252 valence electrons. The van der Waals surface area contributed by atoms with Crippen LogP contribution in [0.15, 0.2) is 58.5 Å². The molecule has 0 fully saturated rings. The van der Waals surface area contributed by atoms with Crippen molar-refractivity contribution in [3.63, 3.8) is 0 Å². The van der Waals surface area contributed by atoms with Gasteiger partial charge in [0.15, 0.2) is 6.10 Å². The number of rotatable bonds is 7. The van der Waals surface area contributed by atoms with Crippen LogP contribution in [-0.2, 0) is 28.6 Å². The van der Waals surface area contributed by atoms with Crippen LogP contribution in [0.4, 0.5) is 4.79 Å². The van der Waals surface area contributed by atoms with Crippen LogP contribution in [0.2, 0.25) is 0 Å². The Labute approximate surface area is 272 Å². The van der Waals surface area contributed by atoms with Crippen molar-refractivity contribution in [2.24, 2.45) is 17.6 Å². The summed E-state index contributed by atoms with van der Waals surface area (Å²) >= 11 is 0. The van der Waals surface area contributed by atoms with Crippen LogP contribution in [0, 0.1) is 11.8 Å². The minimum atomic E-state index is -0.997. The number of ether oxygens (including phenoxy) is 3. The summed E-state index contributed by atoms with van der Waals surface area (Å²) in [6.45, 7) is 8.09. The average Bonchev–Trinajstić information content (AvgIpc) is 2.95. The number of allylic oxidation sites excluding steroid dienone is 4. The molecule has 2 bridgehead atoms. The number of aliphatic hydroxyl groups excluding tert-OH is 1. The number of carbonyl (C=O) groups excluding carboxylic acids is 4. The molecule has 5 N–H and O–H groups in total. The topological polar surface area (TPSA) is 170 Å². The maximum Gasteiger partial charge on any atom is 0.405 e. The van der Waals surface area contributed by atoms with Gasteiger partial charge in [0.2, 0.25) is 11.6 Å². The lowest BCUT2D eigenvalue weighted by atomic mass is 9.85. The normalized spacial score (nSPS) is 30.3. The molecule has 1 aliphatic heterocycles. The highest BCUT2D eigenvalue weighted by Crippen LogP contribution is 2.28. The Bertz CT molecular complexity index is 1240. The SMILES string of the molecule is COC1/C=C\C=C(/C)C(=O)NC2=CC(=O)C(NCCN(C)C)=C(CC(C)CC(OC)C(O)C(C)/C=C(\C)C1OC(N)=O)C2=O.Cl. The number of halogens is 1. The molecule has 1 heterocycles. The Hall–Kier alpha value is -3.29. The van der Waals surface area contributed by atoms with E-state index < -0.39 is 53.9 Å². The van der Waals surface area contributed by atoms with Gasteiger partial charge in [-0.3, -0.25) is 14.4 Å². The van der Waals surface area contributed by atoms with Gasteiger partial charge in [-0.1, -0.05) is 38.2 Å². The molecule has 0 spiro atoms. The second kappa shape index (κ2) is 18.6. The second-order valence-electron chi connectivity index (χ2n) is 11.7. The molecular formula is C32H49ClN4O8. The fourth-order valence-corrected chi connectivity index (χ4v) is 5.18. The van der Waals surface area contributed by atoms with E-state index in [-0.39, 0.29) is 47.3 Å². The summed E-state index contributed by atoms with van der Waals surface area (Å²) in [5.41, 5.74) is 6.55. The van der Waals surface area contributed by atoms with Crippen molar-refractivity contribution in [1.82, 2.24) is 15.5 Å². The zero-order valence-electron chi connectivity index (χ0n) is 27.4. The van der Waals surface area contributed by atoms with Gasteiger partial charge in [-0.15, -0.1) is 12.4 Å². The zero-order valence-corrected chi connectivity index (χ0v) is 28.2. The van der Waals surface area contributed by atoms with Crippen molar-refractivity contribution in [3.05, 3.63) is 58.5 Å². The van der Waals surface area contributed by atoms with Crippen LogP contribution >= 0.6 is 12.4 Å². The molecule has 0 radical (unpaired) electrons. The quantitative estimate of drug-likeness (QED) is 0.237. The number of hydrogen-bond donors (Lipinski definition) is 4. The highest BCUT2D eigenvalue weighted by molar-refractivity contribution is 6.23. The fraction of sp³-hybridized carbons (Fsp3) is 0.562. The summed E-state index contributed by atoms with van der Waals surface area (Å²) in [6, 6.07) is 0. The number of amides is 2. The van der Waals surface area contributed by atoms with E-state index in [1.807, 2.05) is 32.8 Å². The molecule has 0 aromatic carbocycles. The smallest absolute Gasteiger partial charge is 0.405 e. The van der Waals surface area contributed by atoms with Gasteiger partial charge in [-0.05, 0) is 52.3 Å². The van der Waals surface area contributed by atoms with E-state index >= 15 is 0 Å². The van der Waals surface area contributed by atoms with Crippen molar-refractivity contribution >= 4 is 36.0 Å². The van der Waals surface area contributed by atoms with Gasteiger partial charge in [0, 0.05) is 50.4 Å². The first-order valence-electron chi connectivity index (χ1n) is 14.7. The van der Waals surface area contributed by atoms with Gasteiger partial charge < -0.3 is 40.6 Å². The first kappa shape index (κ1) is 39.7. The van der Waals surface area contributed by atoms with E-state index in [9.17, 15) is 24.3 Å². The summed E-state index contributed by atoms with van der Waals surface area (Å²) in [5, 5.41) is 17.0. The predicted molar refractivity (Wildman–Crippen MR) is 173 cm³/mol. The summed E-state index contributed by atoms with van der Waals surface area (Å²) < 4.78 is 16.6. The maximum atomic E-state index is 13.7. The molecule has 0 saturated carbocycles. The lowest BCUT2D eigenvalue weighted by molar-refractivity contribution is -0.120. The summed E-state index contributed by atoms with van der Waals surface area (Å²) in [6.07, 6.45) is 3.88. The molecule has 0 aromatic rings. The van der Waals surface area contributed by atoms with E-state index in [1.165, 1.54) is 20.3 Å². The number of Topliss-reactive ketones (excluding diaryl/α,β-unsaturated/α-hetero) is 1. The van der Waals surface area contributed by atoms with Crippen LogP contribution < -0.4 is 16.4 Å². The Morgan fingerprint density at radius 1 is 1.16 bits per heavy atom. The molecule has 1 aliphatic carbocycles. The Morgan fingerprint density at radius 3 is 2.40 bits per heavy atom. The minimum Gasteiger partial charge on any atom is -0.439 e. The predicted octanol–water partition coefficient (Wildman–Crippen LogP) is 2.34. The summed E-state index contributed by atoms with van der Waals surface area (Å²) in [4.78, 5) is 53.7. The standard InChI is InChI=1S/C32H48N4O8.ClH/c1-18-14-22-27(34-12-13-36(5)6)24(37)17-23(29(22)39)35-31(40)19(2)10-9-11-25(42-7)30(44-32(33)41)21(4)16-20(3)28(38)26(15-18)43-8;/h9-11,16-18,20,25-26,28,30,34,38H,12-15H2,1-8H3,(H2,33,41)(H,35,40);1H/b11-9-,19-10+,21-16+;. The maximum absolute atomic E-state index is 13.7. The van der Waals surface area contributed by atoms with E-state index in [2.05, 4.69) is 10.6 Å². The molecule has 0 aromatic heterocycles. The zero-order chi connectivity index (χ0) is 33.1. The summed E-state index contributed by atoms with van der Waals surface area (Å²) in [7, 11) is 6.74. The molecule has 45 heavy (non-hydrogen) atoms. The fourth-order valence-electron chi connectivity index (χ4n) is 5.18. The third-order valence-corrected chi connectivity index (χ3v) is 7.65. The lowest BCUT2D eigenvalue weighted by Crippen LogP contribution is -2.38.